The van der Waals surface area contributed by atoms with E-state index in [1.54, 1.807) is 6.07 Å². The Hall–Kier alpha value is -1.85. The number of carbonyl (C=O) groups is 1. The summed E-state index contributed by atoms with van der Waals surface area (Å²) in [6.07, 6.45) is 1.93. The summed E-state index contributed by atoms with van der Waals surface area (Å²) >= 11 is 0. The van der Waals surface area contributed by atoms with Gasteiger partial charge in [0.1, 0.15) is 5.60 Å². The van der Waals surface area contributed by atoms with Gasteiger partial charge in [-0.2, -0.15) is 4.39 Å². The number of pyridine rings is 1. The molecule has 1 amide bonds. The second-order valence-electron chi connectivity index (χ2n) is 5.92. The van der Waals surface area contributed by atoms with Crippen LogP contribution in [-0.2, 0) is 4.74 Å². The second kappa shape index (κ2) is 5.64. The number of aromatic nitrogens is 1. The summed E-state index contributed by atoms with van der Waals surface area (Å²) in [6, 6.07) is 3.07. The Morgan fingerprint density at radius 1 is 1.50 bits per heavy atom. The van der Waals surface area contributed by atoms with E-state index in [4.69, 9.17) is 4.74 Å². The smallest absolute Gasteiger partial charge is 0.407 e. The second-order valence-corrected chi connectivity index (χ2v) is 5.92. The van der Waals surface area contributed by atoms with Crippen LogP contribution in [0.3, 0.4) is 0 Å². The quantitative estimate of drug-likeness (QED) is 0.845. The fraction of sp³-hybridized carbons (Fsp3) is 0.571. The number of hydrogen-bond donors (Lipinski definition) is 1. The number of nitrogens with zero attached hydrogens (tertiary/aromatic N) is 2. The van der Waals surface area contributed by atoms with Crippen LogP contribution in [0.2, 0.25) is 0 Å². The van der Waals surface area contributed by atoms with Gasteiger partial charge in [-0.1, -0.05) is 0 Å². The number of ether oxygens (including phenoxy) is 1. The van der Waals surface area contributed by atoms with E-state index in [-0.39, 0.29) is 6.04 Å². The van der Waals surface area contributed by atoms with Crippen molar-refractivity contribution in [2.45, 2.75) is 38.8 Å². The average Bonchev–Trinajstić information content (AvgIpc) is 2.75. The van der Waals surface area contributed by atoms with Crippen LogP contribution in [0.25, 0.3) is 0 Å². The summed E-state index contributed by atoms with van der Waals surface area (Å²) in [7, 11) is 0. The molecule has 1 saturated heterocycles. The fourth-order valence-corrected chi connectivity index (χ4v) is 2.14. The Labute approximate surface area is 118 Å². The van der Waals surface area contributed by atoms with Gasteiger partial charge in [-0.3, -0.25) is 0 Å². The predicted octanol–water partition coefficient (Wildman–Crippen LogP) is 2.32. The van der Waals surface area contributed by atoms with Gasteiger partial charge in [0.25, 0.3) is 0 Å². The molecule has 1 unspecified atom stereocenters. The first-order valence-electron chi connectivity index (χ1n) is 6.69. The fourth-order valence-electron chi connectivity index (χ4n) is 2.14. The number of halogens is 1. The largest absolute Gasteiger partial charge is 0.444 e. The van der Waals surface area contributed by atoms with E-state index in [0.29, 0.717) is 6.54 Å². The molecule has 1 aliphatic heterocycles. The molecule has 1 N–H and O–H groups in total. The molecule has 0 aliphatic carbocycles. The van der Waals surface area contributed by atoms with Crippen molar-refractivity contribution in [2.24, 2.45) is 0 Å². The van der Waals surface area contributed by atoms with Crippen molar-refractivity contribution in [3.63, 3.8) is 0 Å². The number of carbonyl (C=O) groups excluding carboxylic acids is 1. The molecular formula is C14H20FN3O2. The molecule has 1 aliphatic rings. The monoisotopic (exact) mass is 281 g/mol. The summed E-state index contributed by atoms with van der Waals surface area (Å²) in [6.45, 7) is 6.97. The summed E-state index contributed by atoms with van der Waals surface area (Å²) in [5, 5.41) is 2.85. The topological polar surface area (TPSA) is 54.5 Å². The van der Waals surface area contributed by atoms with E-state index in [0.717, 1.165) is 18.7 Å². The Kier molecular flexibility index (Phi) is 4.11. The van der Waals surface area contributed by atoms with Gasteiger partial charge in [-0.15, -0.1) is 0 Å². The zero-order valence-corrected chi connectivity index (χ0v) is 12.0. The Morgan fingerprint density at radius 3 is 2.85 bits per heavy atom. The minimum Gasteiger partial charge on any atom is -0.444 e. The minimum absolute atomic E-state index is 0.0369. The first kappa shape index (κ1) is 14.6. The Morgan fingerprint density at radius 2 is 2.25 bits per heavy atom. The lowest BCUT2D eigenvalue weighted by Gasteiger charge is -2.22. The average molecular weight is 281 g/mol. The number of hydrogen-bond acceptors (Lipinski definition) is 4. The normalized spacial score (nSPS) is 19.0. The SMILES string of the molecule is CC(C)(C)OC(=O)NC1CCN(c2ccc(F)nc2)C1. The number of amides is 1. The van der Waals surface area contributed by atoms with Gasteiger partial charge in [-0.25, -0.2) is 9.78 Å². The van der Waals surface area contributed by atoms with E-state index < -0.39 is 17.6 Å². The van der Waals surface area contributed by atoms with Crippen LogP contribution in [0.1, 0.15) is 27.2 Å². The van der Waals surface area contributed by atoms with Crippen molar-refractivity contribution in [3.8, 4) is 0 Å². The molecule has 1 atom stereocenters. The van der Waals surface area contributed by atoms with E-state index >= 15 is 0 Å². The Balaban J connectivity index is 1.86. The molecule has 0 spiro atoms. The van der Waals surface area contributed by atoms with Crippen molar-refractivity contribution in [3.05, 3.63) is 24.3 Å². The highest BCUT2D eigenvalue weighted by atomic mass is 19.1. The van der Waals surface area contributed by atoms with Gasteiger partial charge in [0.2, 0.25) is 5.95 Å². The standard InChI is InChI=1S/C14H20FN3O2/c1-14(2,3)20-13(19)17-10-6-7-18(9-10)11-4-5-12(15)16-8-11/h4-5,8,10H,6-7,9H2,1-3H3,(H,17,19). The van der Waals surface area contributed by atoms with Crippen molar-refractivity contribution in [2.75, 3.05) is 18.0 Å². The first-order chi connectivity index (χ1) is 9.33. The van der Waals surface area contributed by atoms with Gasteiger partial charge < -0.3 is 15.0 Å². The summed E-state index contributed by atoms with van der Waals surface area (Å²) in [5.74, 6) is -0.489. The lowest BCUT2D eigenvalue weighted by Crippen LogP contribution is -2.40. The number of nitrogens with one attached hydrogen (secondary N) is 1. The summed E-state index contributed by atoms with van der Waals surface area (Å²) in [5.41, 5.74) is 0.364. The number of rotatable bonds is 2. The molecule has 110 valence electrons. The lowest BCUT2D eigenvalue weighted by atomic mass is 10.2. The Bertz CT molecular complexity index is 470. The van der Waals surface area contributed by atoms with Crippen molar-refractivity contribution >= 4 is 11.8 Å². The van der Waals surface area contributed by atoms with Gasteiger partial charge in [-0.05, 0) is 39.3 Å². The first-order valence-corrected chi connectivity index (χ1v) is 6.69. The van der Waals surface area contributed by atoms with Crippen LogP contribution in [0.15, 0.2) is 18.3 Å². The third-order valence-corrected chi connectivity index (χ3v) is 2.99. The van der Waals surface area contributed by atoms with Crippen LogP contribution in [0, 0.1) is 5.95 Å². The number of alkyl carbamates (subject to hydrolysis) is 1. The maximum atomic E-state index is 12.8. The maximum Gasteiger partial charge on any atom is 0.407 e. The van der Waals surface area contributed by atoms with Crippen LogP contribution in [0.5, 0.6) is 0 Å². The van der Waals surface area contributed by atoms with E-state index in [2.05, 4.69) is 15.2 Å². The lowest BCUT2D eigenvalue weighted by molar-refractivity contribution is 0.0509. The molecule has 1 aromatic rings. The van der Waals surface area contributed by atoms with Gasteiger partial charge in [0.05, 0.1) is 17.9 Å². The molecule has 2 heterocycles. The molecule has 0 saturated carbocycles. The molecule has 1 aromatic heterocycles. The highest BCUT2D eigenvalue weighted by molar-refractivity contribution is 5.68. The summed E-state index contributed by atoms with van der Waals surface area (Å²) in [4.78, 5) is 17.4. The zero-order valence-electron chi connectivity index (χ0n) is 12.0. The predicted molar refractivity (Wildman–Crippen MR) is 74.2 cm³/mol. The molecular weight excluding hydrogens is 261 g/mol. The molecule has 6 heteroatoms. The van der Waals surface area contributed by atoms with Gasteiger partial charge in [0.15, 0.2) is 0 Å². The molecule has 1 fully saturated rings. The van der Waals surface area contributed by atoms with Crippen LogP contribution >= 0.6 is 0 Å². The molecule has 2 rings (SSSR count). The van der Waals surface area contributed by atoms with Crippen molar-refractivity contribution in [1.82, 2.24) is 10.3 Å². The van der Waals surface area contributed by atoms with Crippen LogP contribution in [-0.4, -0.2) is 35.8 Å². The molecule has 0 aromatic carbocycles. The molecule has 20 heavy (non-hydrogen) atoms. The molecule has 5 nitrogen and oxygen atoms in total. The van der Waals surface area contributed by atoms with Crippen LogP contribution in [0.4, 0.5) is 14.9 Å². The zero-order chi connectivity index (χ0) is 14.8. The molecule has 0 radical (unpaired) electrons. The van der Waals surface area contributed by atoms with Crippen molar-refractivity contribution < 1.29 is 13.9 Å². The van der Waals surface area contributed by atoms with E-state index in [1.165, 1.54) is 12.3 Å². The third-order valence-electron chi connectivity index (χ3n) is 2.99. The number of anilines is 1. The summed E-state index contributed by atoms with van der Waals surface area (Å²) < 4.78 is 18.0. The van der Waals surface area contributed by atoms with Gasteiger partial charge >= 0.3 is 6.09 Å². The molecule has 0 bridgehead atoms. The van der Waals surface area contributed by atoms with E-state index in [1.807, 2.05) is 20.8 Å². The minimum atomic E-state index is -0.497. The third kappa shape index (κ3) is 4.08. The highest BCUT2D eigenvalue weighted by Crippen LogP contribution is 2.19. The van der Waals surface area contributed by atoms with Crippen LogP contribution < -0.4 is 10.2 Å². The van der Waals surface area contributed by atoms with Crippen molar-refractivity contribution in [1.29, 1.82) is 0 Å². The van der Waals surface area contributed by atoms with E-state index in [9.17, 15) is 9.18 Å². The maximum absolute atomic E-state index is 12.8. The van der Waals surface area contributed by atoms with Gasteiger partial charge in [0, 0.05) is 13.1 Å². The highest BCUT2D eigenvalue weighted by Gasteiger charge is 2.26.